The van der Waals surface area contributed by atoms with E-state index in [1.165, 1.54) is 0 Å². The predicted octanol–water partition coefficient (Wildman–Crippen LogP) is 0.401. The van der Waals surface area contributed by atoms with Crippen LogP contribution >= 0.6 is 0 Å². The van der Waals surface area contributed by atoms with Crippen molar-refractivity contribution in [3.8, 4) is 0 Å². The van der Waals surface area contributed by atoms with E-state index in [1.54, 1.807) is 7.11 Å². The third-order valence-corrected chi connectivity index (χ3v) is 3.73. The van der Waals surface area contributed by atoms with Gasteiger partial charge in [-0.25, -0.2) is 0 Å². The SMILES string of the molecule is COC[C@H]1C[C@H]2CC[C@@H]1[C@@H](O)[C@H]2O. The van der Waals surface area contributed by atoms with Gasteiger partial charge < -0.3 is 14.9 Å². The molecule has 0 saturated heterocycles. The van der Waals surface area contributed by atoms with Crippen LogP contribution in [-0.2, 0) is 4.74 Å². The highest BCUT2D eigenvalue weighted by atomic mass is 16.5. The number of ether oxygens (including phenoxy) is 1. The maximum atomic E-state index is 9.76. The second-order valence-electron chi connectivity index (χ2n) is 4.43. The lowest BCUT2D eigenvalue weighted by Crippen LogP contribution is -2.52. The van der Waals surface area contributed by atoms with Crippen molar-refractivity contribution in [3.05, 3.63) is 0 Å². The van der Waals surface area contributed by atoms with Crippen LogP contribution in [-0.4, -0.2) is 36.1 Å². The first-order valence-electron chi connectivity index (χ1n) is 5.09. The molecule has 5 atom stereocenters. The van der Waals surface area contributed by atoms with Crippen LogP contribution in [0.3, 0.4) is 0 Å². The second kappa shape index (κ2) is 3.56. The minimum Gasteiger partial charge on any atom is -0.390 e. The number of aliphatic hydroxyl groups excluding tert-OH is 2. The Kier molecular flexibility index (Phi) is 2.58. The van der Waals surface area contributed by atoms with Crippen molar-refractivity contribution >= 4 is 0 Å². The van der Waals surface area contributed by atoms with Gasteiger partial charge in [0, 0.05) is 13.7 Å². The minimum absolute atomic E-state index is 0.264. The van der Waals surface area contributed by atoms with Crippen LogP contribution in [0.5, 0.6) is 0 Å². The van der Waals surface area contributed by atoms with Crippen molar-refractivity contribution in [2.45, 2.75) is 31.5 Å². The molecule has 2 bridgehead atoms. The van der Waals surface area contributed by atoms with Gasteiger partial charge in [-0.2, -0.15) is 0 Å². The first-order chi connectivity index (χ1) is 6.24. The molecule has 13 heavy (non-hydrogen) atoms. The first kappa shape index (κ1) is 9.44. The van der Waals surface area contributed by atoms with E-state index in [0.717, 1.165) is 25.9 Å². The summed E-state index contributed by atoms with van der Waals surface area (Å²) in [5.74, 6) is 1.03. The Balaban J connectivity index is 2.05. The van der Waals surface area contributed by atoms with Gasteiger partial charge >= 0.3 is 0 Å². The molecule has 3 aliphatic carbocycles. The molecule has 0 heterocycles. The summed E-state index contributed by atoms with van der Waals surface area (Å²) in [6.45, 7) is 0.727. The highest BCUT2D eigenvalue weighted by Gasteiger charge is 2.47. The molecule has 3 rings (SSSR count). The summed E-state index contributed by atoms with van der Waals surface area (Å²) < 4.78 is 5.12. The molecule has 3 aliphatic rings. The van der Waals surface area contributed by atoms with E-state index in [0.29, 0.717) is 11.8 Å². The fourth-order valence-corrected chi connectivity index (χ4v) is 3.02. The van der Waals surface area contributed by atoms with Crippen molar-refractivity contribution in [1.82, 2.24) is 0 Å². The quantitative estimate of drug-likeness (QED) is 0.656. The normalized spacial score (nSPS) is 49.6. The van der Waals surface area contributed by atoms with Gasteiger partial charge in [-0.05, 0) is 37.0 Å². The average Bonchev–Trinajstić information content (AvgIpc) is 2.14. The molecule has 3 saturated carbocycles. The van der Waals surface area contributed by atoms with E-state index in [-0.39, 0.29) is 5.92 Å². The number of fused-ring (bicyclic) bond motifs is 3. The highest BCUT2D eigenvalue weighted by molar-refractivity contribution is 4.97. The van der Waals surface area contributed by atoms with E-state index in [9.17, 15) is 10.2 Å². The van der Waals surface area contributed by atoms with Crippen molar-refractivity contribution in [2.75, 3.05) is 13.7 Å². The Morgan fingerprint density at radius 2 is 2.00 bits per heavy atom. The van der Waals surface area contributed by atoms with Crippen LogP contribution in [0.15, 0.2) is 0 Å². The Bertz CT molecular complexity index is 181. The maximum absolute atomic E-state index is 9.76. The Labute approximate surface area is 78.7 Å². The predicted molar refractivity (Wildman–Crippen MR) is 48.2 cm³/mol. The molecule has 3 heteroatoms. The van der Waals surface area contributed by atoms with Gasteiger partial charge in [0.2, 0.25) is 0 Å². The number of hydrogen-bond donors (Lipinski definition) is 2. The lowest BCUT2D eigenvalue weighted by atomic mass is 9.62. The largest absolute Gasteiger partial charge is 0.390 e. The zero-order valence-corrected chi connectivity index (χ0v) is 8.02. The molecular weight excluding hydrogens is 168 g/mol. The van der Waals surface area contributed by atoms with Crippen LogP contribution in [0.1, 0.15) is 19.3 Å². The Morgan fingerprint density at radius 1 is 1.23 bits per heavy atom. The molecule has 3 nitrogen and oxygen atoms in total. The molecular formula is C10H18O3. The summed E-state index contributed by atoms with van der Waals surface area (Å²) in [6.07, 6.45) is 2.16. The molecule has 0 spiro atoms. The highest BCUT2D eigenvalue weighted by Crippen LogP contribution is 2.45. The van der Waals surface area contributed by atoms with Crippen LogP contribution in [0, 0.1) is 17.8 Å². The average molecular weight is 186 g/mol. The summed E-state index contributed by atoms with van der Waals surface area (Å²) in [7, 11) is 1.70. The lowest BCUT2D eigenvalue weighted by Gasteiger charge is -2.48. The van der Waals surface area contributed by atoms with Gasteiger partial charge in [0.15, 0.2) is 0 Å². The molecule has 0 radical (unpaired) electrons. The lowest BCUT2D eigenvalue weighted by molar-refractivity contribution is -0.141. The molecule has 0 amide bonds. The van der Waals surface area contributed by atoms with E-state index < -0.39 is 12.2 Å². The minimum atomic E-state index is -0.507. The van der Waals surface area contributed by atoms with Crippen LogP contribution in [0.25, 0.3) is 0 Å². The monoisotopic (exact) mass is 186 g/mol. The van der Waals surface area contributed by atoms with Crippen molar-refractivity contribution in [3.63, 3.8) is 0 Å². The molecule has 3 fully saturated rings. The van der Waals surface area contributed by atoms with Gasteiger partial charge in [0.1, 0.15) is 0 Å². The van der Waals surface area contributed by atoms with Crippen molar-refractivity contribution < 1.29 is 14.9 Å². The third-order valence-electron chi connectivity index (χ3n) is 3.73. The van der Waals surface area contributed by atoms with Crippen molar-refractivity contribution in [1.29, 1.82) is 0 Å². The number of methoxy groups -OCH3 is 1. The summed E-state index contributed by atoms with van der Waals surface area (Å²) >= 11 is 0. The molecule has 0 unspecified atom stereocenters. The van der Waals surface area contributed by atoms with Gasteiger partial charge in [-0.3, -0.25) is 0 Å². The maximum Gasteiger partial charge on any atom is 0.0833 e. The molecule has 2 N–H and O–H groups in total. The summed E-state index contributed by atoms with van der Waals surface area (Å²) in [5, 5.41) is 19.4. The molecule has 0 aromatic carbocycles. The molecule has 0 aromatic rings. The van der Waals surface area contributed by atoms with E-state index in [2.05, 4.69) is 0 Å². The topological polar surface area (TPSA) is 49.7 Å². The van der Waals surface area contributed by atoms with E-state index in [1.807, 2.05) is 0 Å². The van der Waals surface area contributed by atoms with Crippen LogP contribution < -0.4 is 0 Å². The van der Waals surface area contributed by atoms with Gasteiger partial charge in [-0.1, -0.05) is 0 Å². The van der Waals surface area contributed by atoms with E-state index >= 15 is 0 Å². The van der Waals surface area contributed by atoms with Crippen molar-refractivity contribution in [2.24, 2.45) is 17.8 Å². The fourth-order valence-electron chi connectivity index (χ4n) is 3.02. The number of aliphatic hydroxyl groups is 2. The van der Waals surface area contributed by atoms with Gasteiger partial charge in [-0.15, -0.1) is 0 Å². The van der Waals surface area contributed by atoms with Gasteiger partial charge in [0.25, 0.3) is 0 Å². The Morgan fingerprint density at radius 3 is 2.62 bits per heavy atom. The molecule has 0 aromatic heterocycles. The number of hydrogen-bond acceptors (Lipinski definition) is 3. The Hall–Kier alpha value is -0.120. The second-order valence-corrected chi connectivity index (χ2v) is 4.43. The number of rotatable bonds is 2. The fraction of sp³-hybridized carbons (Fsp3) is 1.00. The zero-order valence-electron chi connectivity index (χ0n) is 8.02. The van der Waals surface area contributed by atoms with Gasteiger partial charge in [0.05, 0.1) is 12.2 Å². The summed E-state index contributed by atoms with van der Waals surface area (Å²) in [4.78, 5) is 0. The van der Waals surface area contributed by atoms with Crippen LogP contribution in [0.2, 0.25) is 0 Å². The molecule has 76 valence electrons. The summed E-state index contributed by atoms with van der Waals surface area (Å²) in [5.41, 5.74) is 0. The van der Waals surface area contributed by atoms with Crippen LogP contribution in [0.4, 0.5) is 0 Å². The van der Waals surface area contributed by atoms with E-state index in [4.69, 9.17) is 4.74 Å². The zero-order chi connectivity index (χ0) is 9.42. The summed E-state index contributed by atoms with van der Waals surface area (Å²) in [6, 6.07) is 0. The molecule has 0 aliphatic heterocycles. The third kappa shape index (κ3) is 1.49. The smallest absolute Gasteiger partial charge is 0.0833 e. The first-order valence-corrected chi connectivity index (χ1v) is 5.09. The standard InChI is InChI=1S/C10H18O3/c1-13-5-7-4-6-2-3-8(7)10(12)9(6)11/h6-12H,2-5H2,1H3/t6-,7-,8+,9+,10-/m1/s1.